The molecule has 0 bridgehead atoms. The molecule has 26 heavy (non-hydrogen) atoms. The van der Waals surface area contributed by atoms with Crippen molar-refractivity contribution in [3.05, 3.63) is 60.1 Å². The Kier molecular flexibility index (Phi) is 3.95. The van der Waals surface area contributed by atoms with Crippen LogP contribution in [0.2, 0.25) is 0 Å². The topological polar surface area (TPSA) is 76.8 Å². The van der Waals surface area contributed by atoms with Crippen LogP contribution in [0.3, 0.4) is 0 Å². The SMILES string of the molecule is CC1=CC[C@H]2C(=O)N(c3cccc(OC(=O)c4ccco4)c3)C(=O)[C@H]2C1. The summed E-state index contributed by atoms with van der Waals surface area (Å²) in [4.78, 5) is 38.7. The summed E-state index contributed by atoms with van der Waals surface area (Å²) in [5, 5.41) is 0. The van der Waals surface area contributed by atoms with Crippen molar-refractivity contribution >= 4 is 23.5 Å². The van der Waals surface area contributed by atoms with E-state index in [0.717, 1.165) is 5.57 Å². The van der Waals surface area contributed by atoms with E-state index in [-0.39, 0.29) is 35.2 Å². The number of rotatable bonds is 3. The zero-order chi connectivity index (χ0) is 18.3. The lowest BCUT2D eigenvalue weighted by atomic mass is 9.82. The highest BCUT2D eigenvalue weighted by Crippen LogP contribution is 2.40. The molecular weight excluding hydrogens is 334 g/mol. The summed E-state index contributed by atoms with van der Waals surface area (Å²) in [7, 11) is 0. The zero-order valence-electron chi connectivity index (χ0n) is 14.2. The van der Waals surface area contributed by atoms with E-state index >= 15 is 0 Å². The van der Waals surface area contributed by atoms with E-state index in [4.69, 9.17) is 9.15 Å². The van der Waals surface area contributed by atoms with Crippen molar-refractivity contribution in [1.82, 2.24) is 0 Å². The Bertz CT molecular complexity index is 912. The molecule has 0 radical (unpaired) electrons. The number of hydrogen-bond donors (Lipinski definition) is 0. The molecule has 0 saturated carbocycles. The average molecular weight is 351 g/mol. The van der Waals surface area contributed by atoms with Gasteiger partial charge in [-0.3, -0.25) is 9.59 Å². The van der Waals surface area contributed by atoms with Gasteiger partial charge in [-0.15, -0.1) is 0 Å². The Morgan fingerprint density at radius 1 is 1.15 bits per heavy atom. The fourth-order valence-electron chi connectivity index (χ4n) is 3.53. The number of esters is 1. The number of anilines is 1. The molecule has 2 aliphatic rings. The van der Waals surface area contributed by atoms with Crippen LogP contribution in [0.1, 0.15) is 30.3 Å². The number of nitrogens with zero attached hydrogens (tertiary/aromatic N) is 1. The minimum Gasteiger partial charge on any atom is -0.457 e. The van der Waals surface area contributed by atoms with Gasteiger partial charge in [-0.25, -0.2) is 9.69 Å². The fraction of sp³-hybridized carbons (Fsp3) is 0.250. The first-order valence-electron chi connectivity index (χ1n) is 8.44. The van der Waals surface area contributed by atoms with E-state index in [1.165, 1.54) is 23.3 Å². The molecule has 2 atom stereocenters. The van der Waals surface area contributed by atoms with Crippen LogP contribution in [0.25, 0.3) is 0 Å². The number of carbonyl (C=O) groups excluding carboxylic acids is 3. The van der Waals surface area contributed by atoms with Crippen molar-refractivity contribution < 1.29 is 23.5 Å². The van der Waals surface area contributed by atoms with Gasteiger partial charge in [0.25, 0.3) is 0 Å². The Balaban J connectivity index is 1.58. The fourth-order valence-corrected chi connectivity index (χ4v) is 3.53. The molecule has 2 amide bonds. The van der Waals surface area contributed by atoms with E-state index in [0.29, 0.717) is 18.5 Å². The van der Waals surface area contributed by atoms with Crippen LogP contribution in [-0.4, -0.2) is 17.8 Å². The van der Waals surface area contributed by atoms with Gasteiger partial charge >= 0.3 is 5.97 Å². The van der Waals surface area contributed by atoms with Crippen LogP contribution in [-0.2, 0) is 9.59 Å². The molecule has 1 aromatic carbocycles. The number of ether oxygens (including phenoxy) is 1. The predicted molar refractivity (Wildman–Crippen MR) is 92.6 cm³/mol. The van der Waals surface area contributed by atoms with Crippen LogP contribution < -0.4 is 9.64 Å². The van der Waals surface area contributed by atoms with Gasteiger partial charge in [0.1, 0.15) is 5.75 Å². The standard InChI is InChI=1S/C20H17NO5/c1-12-7-8-15-16(10-12)19(23)21(18(15)22)13-4-2-5-14(11-13)26-20(24)17-6-3-9-25-17/h2-7,9,11,15-16H,8,10H2,1H3/t15-,16+/m1/s1. The highest BCUT2D eigenvalue weighted by Gasteiger charge is 2.48. The van der Waals surface area contributed by atoms with Crippen LogP contribution in [0, 0.1) is 11.8 Å². The molecule has 1 aromatic heterocycles. The molecule has 2 aromatic rings. The van der Waals surface area contributed by atoms with E-state index in [9.17, 15) is 14.4 Å². The second-order valence-corrected chi connectivity index (χ2v) is 6.58. The molecular formula is C20H17NO5. The van der Waals surface area contributed by atoms with Gasteiger partial charge in [-0.1, -0.05) is 17.7 Å². The third-order valence-corrected chi connectivity index (χ3v) is 4.83. The minimum atomic E-state index is -0.639. The van der Waals surface area contributed by atoms with Crippen molar-refractivity contribution in [3.8, 4) is 5.75 Å². The molecule has 6 nitrogen and oxygen atoms in total. The van der Waals surface area contributed by atoms with Gasteiger partial charge in [0.2, 0.25) is 17.6 Å². The van der Waals surface area contributed by atoms with Gasteiger partial charge in [-0.05, 0) is 44.0 Å². The Morgan fingerprint density at radius 3 is 2.73 bits per heavy atom. The normalized spacial score (nSPS) is 22.2. The van der Waals surface area contributed by atoms with Gasteiger partial charge in [-0.2, -0.15) is 0 Å². The summed E-state index contributed by atoms with van der Waals surface area (Å²) in [6, 6.07) is 9.51. The lowest BCUT2D eigenvalue weighted by Gasteiger charge is -2.18. The smallest absolute Gasteiger partial charge is 0.379 e. The number of amides is 2. The molecule has 2 heterocycles. The molecule has 0 spiro atoms. The highest BCUT2D eigenvalue weighted by molar-refractivity contribution is 6.22. The maximum absolute atomic E-state index is 12.8. The Labute approximate surface area is 150 Å². The molecule has 4 rings (SSSR count). The minimum absolute atomic E-state index is 0.0799. The molecule has 0 N–H and O–H groups in total. The molecule has 1 saturated heterocycles. The summed E-state index contributed by atoms with van der Waals surface area (Å²) < 4.78 is 10.3. The summed E-state index contributed by atoms with van der Waals surface area (Å²) in [5.41, 5.74) is 1.55. The third kappa shape index (κ3) is 2.73. The van der Waals surface area contributed by atoms with Crippen molar-refractivity contribution in [3.63, 3.8) is 0 Å². The second-order valence-electron chi connectivity index (χ2n) is 6.58. The van der Waals surface area contributed by atoms with Crippen molar-refractivity contribution in [2.24, 2.45) is 11.8 Å². The van der Waals surface area contributed by atoms with E-state index in [1.807, 2.05) is 13.0 Å². The van der Waals surface area contributed by atoms with Gasteiger partial charge in [0, 0.05) is 6.07 Å². The van der Waals surface area contributed by atoms with Crippen LogP contribution in [0.15, 0.2) is 58.7 Å². The summed E-state index contributed by atoms with van der Waals surface area (Å²) >= 11 is 0. The van der Waals surface area contributed by atoms with Gasteiger partial charge < -0.3 is 9.15 Å². The second kappa shape index (κ2) is 6.29. The molecule has 0 unspecified atom stereocenters. The summed E-state index contributed by atoms with van der Waals surface area (Å²) in [6.07, 6.45) is 4.60. The van der Waals surface area contributed by atoms with E-state index in [2.05, 4.69) is 0 Å². The number of benzene rings is 1. The Hall–Kier alpha value is -3.15. The number of imide groups is 1. The number of allylic oxidation sites excluding steroid dienone is 2. The summed E-state index contributed by atoms with van der Waals surface area (Å²) in [5.74, 6) is -1.31. The van der Waals surface area contributed by atoms with Crippen molar-refractivity contribution in [1.29, 1.82) is 0 Å². The lowest BCUT2D eigenvalue weighted by Crippen LogP contribution is -2.30. The lowest BCUT2D eigenvalue weighted by molar-refractivity contribution is -0.122. The third-order valence-electron chi connectivity index (χ3n) is 4.83. The van der Waals surface area contributed by atoms with E-state index in [1.54, 1.807) is 24.3 Å². The summed E-state index contributed by atoms with van der Waals surface area (Å²) in [6.45, 7) is 1.98. The zero-order valence-corrected chi connectivity index (χ0v) is 14.2. The molecule has 6 heteroatoms. The van der Waals surface area contributed by atoms with Crippen LogP contribution in [0.4, 0.5) is 5.69 Å². The monoisotopic (exact) mass is 351 g/mol. The maximum atomic E-state index is 12.8. The van der Waals surface area contributed by atoms with Gasteiger partial charge in [0.05, 0.1) is 23.8 Å². The highest BCUT2D eigenvalue weighted by atomic mass is 16.5. The molecule has 1 fully saturated rings. The number of carbonyl (C=O) groups is 3. The Morgan fingerprint density at radius 2 is 1.96 bits per heavy atom. The molecule has 1 aliphatic heterocycles. The maximum Gasteiger partial charge on any atom is 0.379 e. The molecule has 1 aliphatic carbocycles. The van der Waals surface area contributed by atoms with Gasteiger partial charge in [0.15, 0.2) is 0 Å². The first-order valence-corrected chi connectivity index (χ1v) is 8.44. The first-order chi connectivity index (χ1) is 12.5. The van der Waals surface area contributed by atoms with E-state index < -0.39 is 5.97 Å². The number of furan rings is 1. The average Bonchev–Trinajstić information content (AvgIpc) is 3.23. The van der Waals surface area contributed by atoms with Crippen molar-refractivity contribution in [2.45, 2.75) is 19.8 Å². The largest absolute Gasteiger partial charge is 0.457 e. The predicted octanol–water partition coefficient (Wildman–Crippen LogP) is 3.34. The van der Waals surface area contributed by atoms with Crippen LogP contribution >= 0.6 is 0 Å². The number of hydrogen-bond acceptors (Lipinski definition) is 5. The van der Waals surface area contributed by atoms with Crippen LogP contribution in [0.5, 0.6) is 5.75 Å². The number of fused-ring (bicyclic) bond motifs is 1. The quantitative estimate of drug-likeness (QED) is 0.367. The molecule has 132 valence electrons. The van der Waals surface area contributed by atoms with Crippen molar-refractivity contribution in [2.75, 3.05) is 4.90 Å². The first kappa shape index (κ1) is 16.3.